The highest BCUT2D eigenvalue weighted by molar-refractivity contribution is 5.76. The highest BCUT2D eigenvalue weighted by atomic mass is 16.5. The van der Waals surface area contributed by atoms with Crippen molar-refractivity contribution in [1.29, 1.82) is 0 Å². The van der Waals surface area contributed by atoms with E-state index in [4.69, 9.17) is 4.74 Å². The van der Waals surface area contributed by atoms with E-state index in [0.29, 0.717) is 12.5 Å². The Balaban J connectivity index is 1.40. The smallest absolute Gasteiger partial charge is 0.220 e. The van der Waals surface area contributed by atoms with Crippen LogP contribution in [0.3, 0.4) is 0 Å². The predicted octanol–water partition coefficient (Wildman–Crippen LogP) is 2.08. The standard InChI is InChI=1S/C18H28N4O2/c1-2-14-12-17(20-13-19-14)22-9-7-15(8-10-22)21-18(23)6-5-16-4-3-11-24-16/h12-13,15-16H,2-11H2,1H3,(H,21,23)/t16-/m1/s1. The molecule has 0 aliphatic carbocycles. The monoisotopic (exact) mass is 332 g/mol. The van der Waals surface area contributed by atoms with E-state index in [9.17, 15) is 4.79 Å². The van der Waals surface area contributed by atoms with Crippen molar-refractivity contribution in [2.75, 3.05) is 24.6 Å². The summed E-state index contributed by atoms with van der Waals surface area (Å²) in [6.45, 7) is 4.81. The first-order valence-corrected chi connectivity index (χ1v) is 9.21. The number of carbonyl (C=O) groups is 1. The third-order valence-corrected chi connectivity index (χ3v) is 4.97. The van der Waals surface area contributed by atoms with E-state index >= 15 is 0 Å². The van der Waals surface area contributed by atoms with E-state index in [-0.39, 0.29) is 11.9 Å². The van der Waals surface area contributed by atoms with Crippen LogP contribution in [-0.2, 0) is 16.0 Å². The first-order valence-electron chi connectivity index (χ1n) is 9.21. The second-order valence-electron chi connectivity index (χ2n) is 6.72. The van der Waals surface area contributed by atoms with E-state index in [1.165, 1.54) is 0 Å². The van der Waals surface area contributed by atoms with Gasteiger partial charge in [-0.25, -0.2) is 9.97 Å². The largest absolute Gasteiger partial charge is 0.378 e. The van der Waals surface area contributed by atoms with Crippen LogP contribution in [0.1, 0.15) is 51.1 Å². The molecule has 0 saturated carbocycles. The van der Waals surface area contributed by atoms with E-state index < -0.39 is 0 Å². The molecule has 0 spiro atoms. The number of ether oxygens (including phenoxy) is 1. The lowest BCUT2D eigenvalue weighted by Crippen LogP contribution is -2.45. The summed E-state index contributed by atoms with van der Waals surface area (Å²) in [4.78, 5) is 23.0. The number of piperidine rings is 1. The Morgan fingerprint density at radius 2 is 2.17 bits per heavy atom. The second kappa shape index (κ2) is 8.42. The zero-order valence-corrected chi connectivity index (χ0v) is 14.5. The number of nitrogens with one attached hydrogen (secondary N) is 1. The quantitative estimate of drug-likeness (QED) is 0.864. The van der Waals surface area contributed by atoms with Gasteiger partial charge in [0.2, 0.25) is 5.91 Å². The zero-order valence-electron chi connectivity index (χ0n) is 14.5. The van der Waals surface area contributed by atoms with Crippen LogP contribution in [0, 0.1) is 0 Å². The SMILES string of the molecule is CCc1cc(N2CCC(NC(=O)CC[C@H]3CCCO3)CC2)ncn1. The van der Waals surface area contributed by atoms with Crippen LogP contribution in [0.2, 0.25) is 0 Å². The van der Waals surface area contributed by atoms with Crippen LogP contribution in [0.25, 0.3) is 0 Å². The van der Waals surface area contributed by atoms with Gasteiger partial charge in [-0.3, -0.25) is 4.79 Å². The highest BCUT2D eigenvalue weighted by Gasteiger charge is 2.22. The molecular formula is C18H28N4O2. The van der Waals surface area contributed by atoms with Gasteiger partial charge in [0.25, 0.3) is 0 Å². The number of carbonyl (C=O) groups excluding carboxylic acids is 1. The number of hydrogen-bond acceptors (Lipinski definition) is 5. The number of hydrogen-bond donors (Lipinski definition) is 1. The fourth-order valence-corrected chi connectivity index (χ4v) is 3.47. The molecule has 1 aromatic rings. The Hall–Kier alpha value is -1.69. The predicted molar refractivity (Wildman–Crippen MR) is 93.0 cm³/mol. The number of aryl methyl sites for hydroxylation is 1. The number of aromatic nitrogens is 2. The molecule has 2 aliphatic heterocycles. The summed E-state index contributed by atoms with van der Waals surface area (Å²) >= 11 is 0. The van der Waals surface area contributed by atoms with Crippen LogP contribution < -0.4 is 10.2 Å². The van der Waals surface area contributed by atoms with Gasteiger partial charge in [-0.2, -0.15) is 0 Å². The second-order valence-corrected chi connectivity index (χ2v) is 6.72. The molecule has 3 heterocycles. The first kappa shape index (κ1) is 17.1. The Kier molecular flexibility index (Phi) is 6.01. The molecule has 1 atom stereocenters. The normalized spacial score (nSPS) is 21.9. The van der Waals surface area contributed by atoms with Crippen molar-refractivity contribution in [3.8, 4) is 0 Å². The molecular weight excluding hydrogens is 304 g/mol. The molecule has 2 saturated heterocycles. The maximum absolute atomic E-state index is 12.1. The van der Waals surface area contributed by atoms with Gasteiger partial charge >= 0.3 is 0 Å². The van der Waals surface area contributed by atoms with E-state index in [1.54, 1.807) is 6.33 Å². The lowest BCUT2D eigenvalue weighted by molar-refractivity contribution is -0.122. The van der Waals surface area contributed by atoms with Gasteiger partial charge in [0, 0.05) is 43.9 Å². The minimum absolute atomic E-state index is 0.166. The molecule has 132 valence electrons. The lowest BCUT2D eigenvalue weighted by atomic mass is 10.0. The average Bonchev–Trinajstić information content (AvgIpc) is 3.14. The van der Waals surface area contributed by atoms with Gasteiger partial charge in [-0.05, 0) is 38.5 Å². The number of anilines is 1. The Morgan fingerprint density at radius 1 is 1.33 bits per heavy atom. The van der Waals surface area contributed by atoms with Gasteiger partial charge in [0.15, 0.2) is 0 Å². The third-order valence-electron chi connectivity index (χ3n) is 4.97. The summed E-state index contributed by atoms with van der Waals surface area (Å²) in [7, 11) is 0. The summed E-state index contributed by atoms with van der Waals surface area (Å²) in [5.74, 6) is 1.17. The molecule has 0 radical (unpaired) electrons. The van der Waals surface area contributed by atoms with E-state index in [0.717, 1.165) is 69.7 Å². The highest BCUT2D eigenvalue weighted by Crippen LogP contribution is 2.19. The average molecular weight is 332 g/mol. The van der Waals surface area contributed by atoms with E-state index in [1.807, 2.05) is 0 Å². The molecule has 3 rings (SSSR count). The molecule has 0 aromatic carbocycles. The minimum atomic E-state index is 0.166. The molecule has 6 heteroatoms. The topological polar surface area (TPSA) is 67.4 Å². The molecule has 6 nitrogen and oxygen atoms in total. The van der Waals surface area contributed by atoms with Crippen molar-refractivity contribution in [3.63, 3.8) is 0 Å². The van der Waals surface area contributed by atoms with Crippen molar-refractivity contribution in [2.45, 2.75) is 64.0 Å². The van der Waals surface area contributed by atoms with Crippen molar-refractivity contribution in [2.24, 2.45) is 0 Å². The van der Waals surface area contributed by atoms with Crippen LogP contribution in [0.4, 0.5) is 5.82 Å². The molecule has 0 unspecified atom stereocenters. The summed E-state index contributed by atoms with van der Waals surface area (Å²) in [5.41, 5.74) is 1.07. The number of rotatable bonds is 6. The molecule has 2 aliphatic rings. The van der Waals surface area contributed by atoms with Crippen molar-refractivity contribution in [3.05, 3.63) is 18.1 Å². The maximum atomic E-state index is 12.1. The van der Waals surface area contributed by atoms with Crippen molar-refractivity contribution in [1.82, 2.24) is 15.3 Å². The van der Waals surface area contributed by atoms with E-state index in [2.05, 4.69) is 33.2 Å². The maximum Gasteiger partial charge on any atom is 0.220 e. The Bertz CT molecular complexity index is 538. The summed E-state index contributed by atoms with van der Waals surface area (Å²) in [6.07, 6.45) is 8.47. The molecule has 1 N–H and O–H groups in total. The van der Waals surface area contributed by atoms with Crippen LogP contribution >= 0.6 is 0 Å². The van der Waals surface area contributed by atoms with Crippen molar-refractivity contribution >= 4 is 11.7 Å². The van der Waals surface area contributed by atoms with Gasteiger partial charge in [-0.15, -0.1) is 0 Å². The van der Waals surface area contributed by atoms with Gasteiger partial charge < -0.3 is 15.0 Å². The summed E-state index contributed by atoms with van der Waals surface area (Å²) < 4.78 is 5.58. The molecule has 1 aromatic heterocycles. The van der Waals surface area contributed by atoms with Crippen LogP contribution in [-0.4, -0.2) is 47.7 Å². The molecule has 0 bridgehead atoms. The summed E-state index contributed by atoms with van der Waals surface area (Å²) in [6, 6.07) is 2.35. The first-order chi connectivity index (χ1) is 11.7. The number of nitrogens with zero attached hydrogens (tertiary/aromatic N) is 3. The molecule has 1 amide bonds. The van der Waals surface area contributed by atoms with Crippen LogP contribution in [0.15, 0.2) is 12.4 Å². The fourth-order valence-electron chi connectivity index (χ4n) is 3.47. The number of amides is 1. The van der Waals surface area contributed by atoms with Crippen LogP contribution in [0.5, 0.6) is 0 Å². The molecule has 2 fully saturated rings. The van der Waals surface area contributed by atoms with Gasteiger partial charge in [-0.1, -0.05) is 6.92 Å². The van der Waals surface area contributed by atoms with Crippen molar-refractivity contribution < 1.29 is 9.53 Å². The fraction of sp³-hybridized carbons (Fsp3) is 0.722. The Labute approximate surface area is 144 Å². The zero-order chi connectivity index (χ0) is 16.8. The van der Waals surface area contributed by atoms with Gasteiger partial charge in [0.05, 0.1) is 6.10 Å². The lowest BCUT2D eigenvalue weighted by Gasteiger charge is -2.33. The summed E-state index contributed by atoms with van der Waals surface area (Å²) in [5, 5.41) is 3.18. The molecule has 24 heavy (non-hydrogen) atoms. The minimum Gasteiger partial charge on any atom is -0.378 e. The Morgan fingerprint density at radius 3 is 2.88 bits per heavy atom. The van der Waals surface area contributed by atoms with Gasteiger partial charge in [0.1, 0.15) is 12.1 Å². The third kappa shape index (κ3) is 4.66.